The Morgan fingerprint density at radius 1 is 1.07 bits per heavy atom. The van der Waals surface area contributed by atoms with Crippen LogP contribution >= 0.6 is 0 Å². The van der Waals surface area contributed by atoms with Gasteiger partial charge in [0, 0.05) is 20.0 Å². The molecule has 0 atom stereocenters. The van der Waals surface area contributed by atoms with Crippen molar-refractivity contribution >= 4 is 10.0 Å². The number of aryl methyl sites for hydroxylation is 1. The van der Waals surface area contributed by atoms with E-state index in [0.717, 1.165) is 5.56 Å². The second-order valence-corrected chi connectivity index (χ2v) is 8.38. The van der Waals surface area contributed by atoms with Crippen molar-refractivity contribution in [3.05, 3.63) is 53.9 Å². The van der Waals surface area contributed by atoms with Crippen LogP contribution in [-0.2, 0) is 23.0 Å². The van der Waals surface area contributed by atoms with E-state index in [9.17, 15) is 8.42 Å². The van der Waals surface area contributed by atoms with Gasteiger partial charge in [-0.2, -0.15) is 9.29 Å². The summed E-state index contributed by atoms with van der Waals surface area (Å²) in [6, 6.07) is 11.8. The lowest BCUT2D eigenvalue weighted by molar-refractivity contribution is 0.382. The maximum atomic E-state index is 13.1. The zero-order valence-corrected chi connectivity index (χ0v) is 17.6. The summed E-state index contributed by atoms with van der Waals surface area (Å²) in [5.74, 6) is 1.93. The minimum Gasteiger partial charge on any atom is -0.497 e. The van der Waals surface area contributed by atoms with Crippen molar-refractivity contribution in [2.45, 2.75) is 24.8 Å². The zero-order valence-electron chi connectivity index (χ0n) is 16.7. The Hall–Kier alpha value is -2.91. The molecule has 0 fully saturated rings. The van der Waals surface area contributed by atoms with Gasteiger partial charge in [-0.05, 0) is 35.9 Å². The largest absolute Gasteiger partial charge is 0.497 e. The summed E-state index contributed by atoms with van der Waals surface area (Å²) < 4.78 is 43.1. The maximum Gasteiger partial charge on any atom is 0.243 e. The third kappa shape index (κ3) is 4.41. The number of aromatic nitrogens is 2. The van der Waals surface area contributed by atoms with E-state index in [2.05, 4.69) is 10.1 Å². The summed E-state index contributed by atoms with van der Waals surface area (Å²) >= 11 is 0. The summed E-state index contributed by atoms with van der Waals surface area (Å²) in [6.07, 6.45) is 0.581. The second kappa shape index (κ2) is 8.62. The smallest absolute Gasteiger partial charge is 0.243 e. The highest BCUT2D eigenvalue weighted by Gasteiger charge is 2.24. The fourth-order valence-electron chi connectivity index (χ4n) is 2.78. The first-order chi connectivity index (χ1) is 13.9. The molecule has 0 aliphatic heterocycles. The van der Waals surface area contributed by atoms with Crippen LogP contribution < -0.4 is 9.47 Å². The molecule has 0 saturated heterocycles. The lowest BCUT2D eigenvalue weighted by Gasteiger charge is -2.18. The van der Waals surface area contributed by atoms with Crippen LogP contribution in [0.2, 0.25) is 0 Å². The molecule has 0 amide bonds. The molecule has 1 aromatic heterocycles. The lowest BCUT2D eigenvalue weighted by atomic mass is 10.2. The van der Waals surface area contributed by atoms with Crippen LogP contribution in [0.1, 0.15) is 18.4 Å². The molecule has 0 saturated carbocycles. The molecule has 154 valence electrons. The van der Waals surface area contributed by atoms with E-state index < -0.39 is 10.0 Å². The van der Waals surface area contributed by atoms with Crippen molar-refractivity contribution in [3.63, 3.8) is 0 Å². The van der Waals surface area contributed by atoms with E-state index >= 15 is 0 Å². The van der Waals surface area contributed by atoms with Gasteiger partial charge in [0.2, 0.25) is 21.7 Å². The van der Waals surface area contributed by atoms with E-state index in [1.165, 1.54) is 30.6 Å². The highest BCUT2D eigenvalue weighted by atomic mass is 32.2. The minimum atomic E-state index is -3.75. The van der Waals surface area contributed by atoms with Gasteiger partial charge < -0.3 is 14.0 Å². The van der Waals surface area contributed by atoms with Gasteiger partial charge in [0.25, 0.3) is 0 Å². The van der Waals surface area contributed by atoms with Crippen LogP contribution in [0.3, 0.4) is 0 Å². The number of nitrogens with zero attached hydrogens (tertiary/aromatic N) is 3. The van der Waals surface area contributed by atoms with Crippen molar-refractivity contribution < 1.29 is 22.4 Å². The number of rotatable bonds is 8. The van der Waals surface area contributed by atoms with Gasteiger partial charge in [-0.1, -0.05) is 24.2 Å². The minimum absolute atomic E-state index is 0.118. The van der Waals surface area contributed by atoms with Gasteiger partial charge in [-0.25, -0.2) is 8.42 Å². The molecule has 8 nitrogen and oxygen atoms in total. The molecular formula is C20H23N3O5S. The van der Waals surface area contributed by atoms with Gasteiger partial charge in [0.05, 0.1) is 24.7 Å². The summed E-state index contributed by atoms with van der Waals surface area (Å²) in [5.41, 5.74) is 1.30. The molecule has 1 heterocycles. The number of hydrogen-bond acceptors (Lipinski definition) is 7. The molecule has 0 radical (unpaired) electrons. The van der Waals surface area contributed by atoms with Gasteiger partial charge in [0.15, 0.2) is 0 Å². The standard InChI is InChI=1S/C20H23N3O5S/c1-5-19-21-20(22-28-19)17-12-16(10-11-18(17)27-4)29(24,25)23(2)13-14-6-8-15(26-3)9-7-14/h6-12H,5,13H2,1-4H3. The molecule has 0 aliphatic rings. The van der Waals surface area contributed by atoms with E-state index in [-0.39, 0.29) is 17.3 Å². The molecule has 3 rings (SSSR count). The Morgan fingerprint density at radius 2 is 1.79 bits per heavy atom. The van der Waals surface area contributed by atoms with Crippen molar-refractivity contribution in [1.29, 1.82) is 0 Å². The predicted molar refractivity (Wildman–Crippen MR) is 107 cm³/mol. The first-order valence-corrected chi connectivity index (χ1v) is 10.4. The highest BCUT2D eigenvalue weighted by Crippen LogP contribution is 2.31. The van der Waals surface area contributed by atoms with Crippen molar-refractivity contribution in [2.24, 2.45) is 0 Å². The summed E-state index contributed by atoms with van der Waals surface area (Å²) in [5, 5.41) is 3.93. The monoisotopic (exact) mass is 417 g/mol. The number of benzene rings is 2. The highest BCUT2D eigenvalue weighted by molar-refractivity contribution is 7.89. The number of sulfonamides is 1. The van der Waals surface area contributed by atoms with Gasteiger partial charge >= 0.3 is 0 Å². The molecule has 29 heavy (non-hydrogen) atoms. The van der Waals surface area contributed by atoms with Crippen molar-refractivity contribution in [3.8, 4) is 22.9 Å². The van der Waals surface area contributed by atoms with E-state index in [1.54, 1.807) is 25.3 Å². The molecule has 0 unspecified atom stereocenters. The van der Waals surface area contributed by atoms with E-state index in [4.69, 9.17) is 14.0 Å². The van der Waals surface area contributed by atoms with Crippen LogP contribution in [0.4, 0.5) is 0 Å². The van der Waals surface area contributed by atoms with Crippen molar-refractivity contribution in [2.75, 3.05) is 21.3 Å². The number of hydrogen-bond donors (Lipinski definition) is 0. The Bertz CT molecular complexity index is 1080. The Morgan fingerprint density at radius 3 is 2.38 bits per heavy atom. The SMILES string of the molecule is CCc1nc(-c2cc(S(=O)(=O)N(C)Cc3ccc(OC)cc3)ccc2OC)no1. The number of methoxy groups -OCH3 is 2. The molecule has 0 N–H and O–H groups in total. The van der Waals surface area contributed by atoms with E-state index in [1.807, 2.05) is 19.1 Å². The average Bonchev–Trinajstić information content (AvgIpc) is 3.23. The summed E-state index contributed by atoms with van der Waals surface area (Å²) in [4.78, 5) is 4.40. The van der Waals surface area contributed by atoms with Gasteiger partial charge in [0.1, 0.15) is 11.5 Å². The molecule has 9 heteroatoms. The van der Waals surface area contributed by atoms with Gasteiger partial charge in [-0.3, -0.25) is 0 Å². The second-order valence-electron chi connectivity index (χ2n) is 6.34. The quantitative estimate of drug-likeness (QED) is 0.556. The third-order valence-corrected chi connectivity index (χ3v) is 6.25. The first kappa shape index (κ1) is 20.8. The van der Waals surface area contributed by atoms with Crippen LogP contribution in [0.15, 0.2) is 51.9 Å². The van der Waals surface area contributed by atoms with Crippen LogP contribution in [0.5, 0.6) is 11.5 Å². The lowest BCUT2D eigenvalue weighted by Crippen LogP contribution is -2.26. The molecular weight excluding hydrogens is 394 g/mol. The molecule has 2 aromatic carbocycles. The molecule has 3 aromatic rings. The Balaban J connectivity index is 1.91. The summed E-state index contributed by atoms with van der Waals surface area (Å²) in [7, 11) is 0.875. The molecule has 0 bridgehead atoms. The normalized spacial score (nSPS) is 11.6. The zero-order chi connectivity index (χ0) is 21.0. The summed E-state index contributed by atoms with van der Waals surface area (Å²) in [6.45, 7) is 2.11. The fraction of sp³-hybridized carbons (Fsp3) is 0.300. The van der Waals surface area contributed by atoms with Gasteiger partial charge in [-0.15, -0.1) is 0 Å². The van der Waals surface area contributed by atoms with Crippen LogP contribution in [0.25, 0.3) is 11.4 Å². The van der Waals surface area contributed by atoms with E-state index in [0.29, 0.717) is 29.4 Å². The Labute approximate surface area is 170 Å². The van der Waals surface area contributed by atoms with Crippen LogP contribution in [0, 0.1) is 0 Å². The Kier molecular flexibility index (Phi) is 6.19. The molecule has 0 spiro atoms. The molecule has 0 aliphatic carbocycles. The average molecular weight is 417 g/mol. The topological polar surface area (TPSA) is 94.8 Å². The number of ether oxygens (including phenoxy) is 2. The van der Waals surface area contributed by atoms with Crippen molar-refractivity contribution in [1.82, 2.24) is 14.4 Å². The third-order valence-electron chi connectivity index (χ3n) is 4.45. The maximum absolute atomic E-state index is 13.1. The fourth-order valence-corrected chi connectivity index (χ4v) is 3.97. The van der Waals surface area contributed by atoms with Crippen LogP contribution in [-0.4, -0.2) is 44.1 Å². The first-order valence-electron chi connectivity index (χ1n) is 8.99. The predicted octanol–water partition coefficient (Wildman–Crippen LogP) is 3.14.